The van der Waals surface area contributed by atoms with Crippen molar-refractivity contribution >= 4 is 16.8 Å². The highest BCUT2D eigenvalue weighted by atomic mass is 16.4. The highest BCUT2D eigenvalue weighted by molar-refractivity contribution is 5.78. The predicted molar refractivity (Wildman–Crippen MR) is 67.5 cm³/mol. The first-order valence-corrected chi connectivity index (χ1v) is 5.23. The normalized spacial score (nSPS) is 12.1. The van der Waals surface area contributed by atoms with E-state index in [0.717, 1.165) is 0 Å². The lowest BCUT2D eigenvalue weighted by atomic mass is 10.3. The van der Waals surface area contributed by atoms with Crippen LogP contribution < -0.4 is 22.3 Å². The number of fused-ring (bicyclic) bond motifs is 1. The van der Waals surface area contributed by atoms with Crippen LogP contribution >= 0.6 is 0 Å². The van der Waals surface area contributed by atoms with Gasteiger partial charge in [0, 0.05) is 13.2 Å². The van der Waals surface area contributed by atoms with E-state index in [0.29, 0.717) is 16.8 Å². The average molecular weight is 250 g/mol. The summed E-state index contributed by atoms with van der Waals surface area (Å²) in [6.45, 7) is -0.278. The average Bonchev–Trinajstić information content (AvgIpc) is 2.64. The topological polar surface area (TPSA) is 111 Å². The third-order valence-corrected chi connectivity index (χ3v) is 2.56. The molecule has 7 heteroatoms. The molecule has 0 amide bonds. The van der Waals surface area contributed by atoms with Crippen LogP contribution in [0.25, 0.3) is 11.1 Å². The Kier molecular flexibility index (Phi) is 3.09. The van der Waals surface area contributed by atoms with Gasteiger partial charge in [-0.15, -0.1) is 0 Å². The molecule has 2 rings (SSSR count). The van der Waals surface area contributed by atoms with Gasteiger partial charge < -0.3 is 15.3 Å². The molecule has 0 saturated carbocycles. The predicted octanol–water partition coefficient (Wildman–Crippen LogP) is -0.396. The monoisotopic (exact) mass is 250 g/mol. The molecule has 18 heavy (non-hydrogen) atoms. The minimum atomic E-state index is -0.434. The van der Waals surface area contributed by atoms with Crippen LogP contribution in [0.1, 0.15) is 0 Å². The molecule has 0 atom stereocenters. The van der Waals surface area contributed by atoms with Gasteiger partial charge in [0.05, 0.1) is 23.5 Å². The molecule has 7 nitrogen and oxygen atoms in total. The summed E-state index contributed by atoms with van der Waals surface area (Å²) in [5, 5.41) is 10.1. The third-order valence-electron chi connectivity index (χ3n) is 2.56. The zero-order valence-corrected chi connectivity index (χ0v) is 9.83. The number of aromatic nitrogens is 1. The lowest BCUT2D eigenvalue weighted by molar-refractivity contribution is 0.329. The van der Waals surface area contributed by atoms with E-state index < -0.39 is 5.76 Å². The van der Waals surface area contributed by atoms with Gasteiger partial charge in [-0.1, -0.05) is 0 Å². The van der Waals surface area contributed by atoms with Crippen molar-refractivity contribution < 1.29 is 9.52 Å². The molecule has 1 heterocycles. The van der Waals surface area contributed by atoms with Gasteiger partial charge in [-0.25, -0.2) is 10.6 Å². The Balaban J connectivity index is 2.47. The first-order chi connectivity index (χ1) is 8.52. The number of benzene rings is 1. The molecule has 0 radical (unpaired) electrons. The van der Waals surface area contributed by atoms with E-state index in [-0.39, 0.29) is 12.3 Å². The van der Waals surface area contributed by atoms with Crippen LogP contribution in [0.2, 0.25) is 0 Å². The zero-order chi connectivity index (χ0) is 13.3. The molecular weight excluding hydrogens is 236 g/mol. The zero-order valence-electron chi connectivity index (χ0n) is 9.83. The molecule has 0 spiro atoms. The number of aliphatic hydroxyl groups excluding tert-OH is 1. The second-order valence-corrected chi connectivity index (χ2v) is 3.85. The van der Waals surface area contributed by atoms with Gasteiger partial charge in [0.15, 0.2) is 5.58 Å². The Bertz CT molecular complexity index is 656. The van der Waals surface area contributed by atoms with Crippen LogP contribution in [0.5, 0.6) is 0 Å². The summed E-state index contributed by atoms with van der Waals surface area (Å²) < 4.78 is 6.38. The van der Waals surface area contributed by atoms with Gasteiger partial charge in [-0.05, 0) is 18.2 Å². The van der Waals surface area contributed by atoms with E-state index in [4.69, 9.17) is 21.1 Å². The minimum Gasteiger partial charge on any atom is -0.408 e. The van der Waals surface area contributed by atoms with Crippen LogP contribution in [0.4, 0.5) is 5.69 Å². The van der Waals surface area contributed by atoms with Crippen molar-refractivity contribution in [3.05, 3.63) is 40.6 Å². The molecule has 2 aromatic rings. The fourth-order valence-corrected chi connectivity index (χ4v) is 1.57. The van der Waals surface area contributed by atoms with Gasteiger partial charge in [0.2, 0.25) is 0 Å². The fraction of sp³-hybridized carbons (Fsp3) is 0.182. The molecule has 0 aliphatic rings. The molecule has 0 saturated heterocycles. The van der Waals surface area contributed by atoms with Crippen LogP contribution in [-0.4, -0.2) is 16.3 Å². The first kappa shape index (κ1) is 12.2. The lowest BCUT2D eigenvalue weighted by Crippen LogP contribution is -2.26. The van der Waals surface area contributed by atoms with Gasteiger partial charge in [0.1, 0.15) is 0 Å². The molecular formula is C11H14N4O3. The summed E-state index contributed by atoms with van der Waals surface area (Å²) in [6.07, 6.45) is 1.40. The van der Waals surface area contributed by atoms with Crippen molar-refractivity contribution in [2.24, 2.45) is 18.6 Å². The van der Waals surface area contributed by atoms with E-state index in [9.17, 15) is 4.79 Å². The standard InChI is InChI=1S/C11H14N4O3/c1-14-9-4-8(15(13)5-7(12)6-16)2-3-10(9)18-11(14)17/h2-5,16H,6,12-13H2,1H3/b7-5-. The number of hydrazine groups is 1. The maximum Gasteiger partial charge on any atom is 0.419 e. The molecule has 5 N–H and O–H groups in total. The second kappa shape index (κ2) is 4.55. The number of rotatable bonds is 3. The number of aryl methyl sites for hydroxylation is 1. The Morgan fingerprint density at radius 3 is 3.00 bits per heavy atom. The number of nitrogens with zero attached hydrogens (tertiary/aromatic N) is 2. The second-order valence-electron chi connectivity index (χ2n) is 3.85. The Labute approximate surface area is 102 Å². The molecule has 1 aromatic heterocycles. The third kappa shape index (κ3) is 2.08. The SMILES string of the molecule is Cn1c(=O)oc2ccc(N(N)/C=C(\N)CO)cc21. The molecule has 0 aliphatic heterocycles. The van der Waals surface area contributed by atoms with Gasteiger partial charge in [-0.2, -0.15) is 0 Å². The summed E-state index contributed by atoms with van der Waals surface area (Å²) >= 11 is 0. The number of anilines is 1. The molecule has 1 aromatic carbocycles. The number of aliphatic hydroxyl groups is 1. The van der Waals surface area contributed by atoms with E-state index in [1.54, 1.807) is 25.2 Å². The van der Waals surface area contributed by atoms with Gasteiger partial charge in [-0.3, -0.25) is 9.58 Å². The molecule has 0 bridgehead atoms. The lowest BCUT2D eigenvalue weighted by Gasteiger charge is -2.14. The summed E-state index contributed by atoms with van der Waals surface area (Å²) in [6, 6.07) is 5.03. The van der Waals surface area contributed by atoms with Crippen molar-refractivity contribution in [2.75, 3.05) is 11.6 Å². The van der Waals surface area contributed by atoms with E-state index in [1.165, 1.54) is 15.8 Å². The van der Waals surface area contributed by atoms with Gasteiger partial charge in [0.25, 0.3) is 0 Å². The highest BCUT2D eigenvalue weighted by Gasteiger charge is 2.08. The summed E-state index contributed by atoms with van der Waals surface area (Å²) in [5.74, 6) is 5.33. The Hall–Kier alpha value is -2.25. The largest absolute Gasteiger partial charge is 0.419 e. The number of hydrogen-bond donors (Lipinski definition) is 3. The van der Waals surface area contributed by atoms with E-state index >= 15 is 0 Å². The van der Waals surface area contributed by atoms with Crippen molar-refractivity contribution in [1.29, 1.82) is 0 Å². The van der Waals surface area contributed by atoms with Crippen molar-refractivity contribution in [3.63, 3.8) is 0 Å². The number of oxazole rings is 1. The summed E-state index contributed by atoms with van der Waals surface area (Å²) in [5.41, 5.74) is 7.44. The molecule has 0 fully saturated rings. The minimum absolute atomic E-state index is 0.235. The fourth-order valence-electron chi connectivity index (χ4n) is 1.57. The maximum absolute atomic E-state index is 11.3. The number of hydrogen-bond acceptors (Lipinski definition) is 6. The van der Waals surface area contributed by atoms with Crippen molar-refractivity contribution in [2.45, 2.75) is 0 Å². The first-order valence-electron chi connectivity index (χ1n) is 5.23. The maximum atomic E-state index is 11.3. The van der Waals surface area contributed by atoms with Crippen LogP contribution in [0, 0.1) is 0 Å². The summed E-state index contributed by atoms with van der Waals surface area (Å²) in [7, 11) is 1.61. The van der Waals surface area contributed by atoms with Crippen LogP contribution in [-0.2, 0) is 7.05 Å². The van der Waals surface area contributed by atoms with Crippen molar-refractivity contribution in [1.82, 2.24) is 4.57 Å². The smallest absolute Gasteiger partial charge is 0.408 e. The van der Waals surface area contributed by atoms with Gasteiger partial charge >= 0.3 is 5.76 Å². The summed E-state index contributed by atoms with van der Waals surface area (Å²) in [4.78, 5) is 11.3. The number of nitrogens with two attached hydrogens (primary N) is 2. The van der Waals surface area contributed by atoms with Crippen LogP contribution in [0.15, 0.2) is 39.3 Å². The highest BCUT2D eigenvalue weighted by Crippen LogP contribution is 2.19. The quantitative estimate of drug-likeness (QED) is 0.505. The Morgan fingerprint density at radius 2 is 2.33 bits per heavy atom. The molecule has 96 valence electrons. The molecule has 0 unspecified atom stereocenters. The van der Waals surface area contributed by atoms with E-state index in [1.807, 2.05) is 0 Å². The van der Waals surface area contributed by atoms with E-state index in [2.05, 4.69) is 0 Å². The molecule has 0 aliphatic carbocycles. The Morgan fingerprint density at radius 1 is 1.61 bits per heavy atom. The van der Waals surface area contributed by atoms with Crippen LogP contribution in [0.3, 0.4) is 0 Å². The van der Waals surface area contributed by atoms with Crippen molar-refractivity contribution in [3.8, 4) is 0 Å².